The van der Waals surface area contributed by atoms with Crippen LogP contribution in [0.3, 0.4) is 0 Å². The molecule has 8 heteroatoms. The van der Waals surface area contributed by atoms with Gasteiger partial charge in [-0.2, -0.15) is 4.98 Å². The third-order valence-electron chi connectivity index (χ3n) is 6.00. The molecule has 0 radical (unpaired) electrons. The van der Waals surface area contributed by atoms with Gasteiger partial charge >= 0.3 is 5.97 Å². The van der Waals surface area contributed by atoms with E-state index in [2.05, 4.69) is 27.2 Å². The van der Waals surface area contributed by atoms with E-state index < -0.39 is 5.97 Å². The summed E-state index contributed by atoms with van der Waals surface area (Å²) in [5.74, 6) is 1.29. The minimum atomic E-state index is -0.725. The van der Waals surface area contributed by atoms with E-state index in [1.54, 1.807) is 0 Å². The molecule has 0 atom stereocenters. The summed E-state index contributed by atoms with van der Waals surface area (Å²) in [5, 5.41) is 15.5. The second kappa shape index (κ2) is 7.35. The molecule has 8 nitrogen and oxygen atoms in total. The van der Waals surface area contributed by atoms with Gasteiger partial charge in [0.05, 0.1) is 5.92 Å². The highest BCUT2D eigenvalue weighted by Crippen LogP contribution is 2.37. The zero-order chi connectivity index (χ0) is 21.7. The summed E-state index contributed by atoms with van der Waals surface area (Å²) in [6.45, 7) is 2.07. The van der Waals surface area contributed by atoms with Crippen LogP contribution in [0.5, 0.6) is 11.5 Å². The minimum absolute atomic E-state index is 0.209. The number of hydrogen-bond donors (Lipinski definition) is 1. The van der Waals surface area contributed by atoms with Gasteiger partial charge in [-0.15, -0.1) is 0 Å². The number of hydrogen-bond acceptors (Lipinski definition) is 7. The van der Waals surface area contributed by atoms with E-state index in [-0.39, 0.29) is 12.7 Å². The number of ether oxygens (including phenoxy) is 2. The molecule has 160 valence electrons. The van der Waals surface area contributed by atoms with Crippen molar-refractivity contribution in [2.45, 2.75) is 6.54 Å². The van der Waals surface area contributed by atoms with E-state index >= 15 is 0 Å². The Labute approximate surface area is 183 Å². The maximum Gasteiger partial charge on any atom is 0.309 e. The van der Waals surface area contributed by atoms with Gasteiger partial charge in [-0.3, -0.25) is 9.69 Å². The van der Waals surface area contributed by atoms with E-state index in [0.717, 1.165) is 27.5 Å². The van der Waals surface area contributed by atoms with E-state index in [1.807, 2.05) is 42.5 Å². The molecule has 1 aromatic heterocycles. The molecule has 3 aromatic carbocycles. The molecule has 1 fully saturated rings. The highest BCUT2D eigenvalue weighted by atomic mass is 16.7. The standard InChI is InChI=1S/C24H19N3O5/c28-24(29)16-11-27(12-16)10-15-5-7-19(18-4-2-1-3-17(15)18)22-25-23(32-26-22)14-6-8-20-21(9-14)31-13-30-20/h1-9,16H,10-13H2,(H,28,29). The van der Waals surface area contributed by atoms with E-state index in [4.69, 9.17) is 19.1 Å². The summed E-state index contributed by atoms with van der Waals surface area (Å²) >= 11 is 0. The van der Waals surface area contributed by atoms with Gasteiger partial charge in [-0.25, -0.2) is 0 Å². The quantitative estimate of drug-likeness (QED) is 0.512. The summed E-state index contributed by atoms with van der Waals surface area (Å²) in [5.41, 5.74) is 2.79. The van der Waals surface area contributed by atoms with Crippen LogP contribution in [0.2, 0.25) is 0 Å². The van der Waals surface area contributed by atoms with Crippen LogP contribution in [0.1, 0.15) is 5.56 Å². The van der Waals surface area contributed by atoms with Crippen LogP contribution in [-0.2, 0) is 11.3 Å². The predicted molar refractivity (Wildman–Crippen MR) is 115 cm³/mol. The van der Waals surface area contributed by atoms with Crippen molar-refractivity contribution >= 4 is 16.7 Å². The molecule has 6 rings (SSSR count). The topological polar surface area (TPSA) is 97.9 Å². The van der Waals surface area contributed by atoms with Gasteiger partial charge in [0.1, 0.15) is 0 Å². The molecule has 0 saturated carbocycles. The molecule has 2 aliphatic rings. The van der Waals surface area contributed by atoms with Crippen LogP contribution >= 0.6 is 0 Å². The number of fused-ring (bicyclic) bond motifs is 2. The largest absolute Gasteiger partial charge is 0.481 e. The summed E-state index contributed by atoms with van der Waals surface area (Å²) in [6, 6.07) is 17.7. The molecule has 2 aliphatic heterocycles. The molecule has 1 N–H and O–H groups in total. The first-order valence-corrected chi connectivity index (χ1v) is 10.4. The number of aliphatic carboxylic acids is 1. The van der Waals surface area contributed by atoms with Gasteiger partial charge < -0.3 is 19.1 Å². The van der Waals surface area contributed by atoms with E-state index in [1.165, 1.54) is 0 Å². The van der Waals surface area contributed by atoms with Gasteiger partial charge in [0.2, 0.25) is 12.6 Å². The highest BCUT2D eigenvalue weighted by molar-refractivity contribution is 5.97. The van der Waals surface area contributed by atoms with Gasteiger partial charge in [0.25, 0.3) is 5.89 Å². The average Bonchev–Trinajstić information content (AvgIpc) is 3.44. The lowest BCUT2D eigenvalue weighted by Gasteiger charge is -2.36. The number of benzene rings is 3. The average molecular weight is 429 g/mol. The Balaban J connectivity index is 1.31. The molecule has 0 unspecified atom stereocenters. The first kappa shape index (κ1) is 18.8. The van der Waals surface area contributed by atoms with Crippen LogP contribution in [0, 0.1) is 5.92 Å². The minimum Gasteiger partial charge on any atom is -0.481 e. The summed E-state index contributed by atoms with van der Waals surface area (Å²) in [7, 11) is 0. The molecular weight excluding hydrogens is 410 g/mol. The van der Waals surface area contributed by atoms with Crippen molar-refractivity contribution < 1.29 is 23.9 Å². The molecule has 3 heterocycles. The Morgan fingerprint density at radius 3 is 2.69 bits per heavy atom. The van der Waals surface area contributed by atoms with Crippen molar-refractivity contribution in [3.8, 4) is 34.3 Å². The number of aromatic nitrogens is 2. The molecule has 4 aromatic rings. The summed E-state index contributed by atoms with van der Waals surface area (Å²) in [4.78, 5) is 17.9. The number of nitrogens with zero attached hydrogens (tertiary/aromatic N) is 3. The van der Waals surface area contributed by atoms with Gasteiger partial charge in [-0.05, 0) is 34.5 Å². The van der Waals surface area contributed by atoms with Crippen molar-refractivity contribution in [2.24, 2.45) is 5.92 Å². The Morgan fingerprint density at radius 1 is 1.03 bits per heavy atom. The molecule has 0 bridgehead atoms. The van der Waals surface area contributed by atoms with Crippen molar-refractivity contribution in [3.05, 3.63) is 60.2 Å². The monoisotopic (exact) mass is 429 g/mol. The van der Waals surface area contributed by atoms with Crippen LogP contribution in [0.4, 0.5) is 0 Å². The van der Waals surface area contributed by atoms with Crippen LogP contribution in [-0.4, -0.2) is 46.0 Å². The molecule has 0 spiro atoms. The Hall–Kier alpha value is -3.91. The normalized spacial score (nSPS) is 15.8. The lowest BCUT2D eigenvalue weighted by Crippen LogP contribution is -2.49. The first-order valence-electron chi connectivity index (χ1n) is 10.4. The zero-order valence-corrected chi connectivity index (χ0v) is 17.0. The maximum atomic E-state index is 11.1. The third-order valence-corrected chi connectivity index (χ3v) is 6.00. The van der Waals surface area contributed by atoms with Crippen molar-refractivity contribution in [1.29, 1.82) is 0 Å². The molecule has 0 aliphatic carbocycles. The fourth-order valence-electron chi connectivity index (χ4n) is 4.27. The lowest BCUT2D eigenvalue weighted by atomic mass is 9.95. The first-order chi connectivity index (χ1) is 15.7. The van der Waals surface area contributed by atoms with Crippen molar-refractivity contribution in [3.63, 3.8) is 0 Å². The SMILES string of the molecule is O=C(O)C1CN(Cc2ccc(-c3noc(-c4ccc5c(c4)OCO5)n3)c3ccccc23)C1. The number of carboxylic acids is 1. The maximum absolute atomic E-state index is 11.1. The zero-order valence-electron chi connectivity index (χ0n) is 17.0. The van der Waals surface area contributed by atoms with E-state index in [0.29, 0.717) is 42.8 Å². The number of likely N-dealkylation sites (tertiary alicyclic amines) is 1. The fraction of sp³-hybridized carbons (Fsp3) is 0.208. The molecule has 0 amide bonds. The van der Waals surface area contributed by atoms with Gasteiger partial charge in [-0.1, -0.05) is 41.6 Å². The predicted octanol–water partition coefficient (Wildman–Crippen LogP) is 3.80. The second-order valence-corrected chi connectivity index (χ2v) is 8.04. The fourth-order valence-corrected chi connectivity index (χ4v) is 4.27. The summed E-state index contributed by atoms with van der Waals surface area (Å²) in [6.07, 6.45) is 0. The van der Waals surface area contributed by atoms with Crippen LogP contribution in [0.25, 0.3) is 33.6 Å². The Kier molecular flexibility index (Phi) is 4.32. The van der Waals surface area contributed by atoms with Crippen LogP contribution < -0.4 is 9.47 Å². The second-order valence-electron chi connectivity index (χ2n) is 8.04. The lowest BCUT2D eigenvalue weighted by molar-refractivity contribution is -0.147. The Bertz CT molecular complexity index is 1340. The van der Waals surface area contributed by atoms with Crippen molar-refractivity contribution in [2.75, 3.05) is 19.9 Å². The molecule has 1 saturated heterocycles. The van der Waals surface area contributed by atoms with Gasteiger partial charge in [0, 0.05) is 30.8 Å². The van der Waals surface area contributed by atoms with Crippen LogP contribution in [0.15, 0.2) is 59.1 Å². The smallest absolute Gasteiger partial charge is 0.309 e. The number of rotatable bonds is 5. The summed E-state index contributed by atoms with van der Waals surface area (Å²) < 4.78 is 16.3. The Morgan fingerprint density at radius 2 is 1.84 bits per heavy atom. The molecular formula is C24H19N3O5. The van der Waals surface area contributed by atoms with Gasteiger partial charge in [0.15, 0.2) is 11.5 Å². The highest BCUT2D eigenvalue weighted by Gasteiger charge is 2.32. The number of carboxylic acid groups (broad SMARTS) is 1. The third kappa shape index (κ3) is 3.16. The number of carbonyl (C=O) groups is 1. The van der Waals surface area contributed by atoms with Crippen molar-refractivity contribution in [1.82, 2.24) is 15.0 Å². The van der Waals surface area contributed by atoms with E-state index in [9.17, 15) is 4.79 Å². The molecule has 32 heavy (non-hydrogen) atoms.